The van der Waals surface area contributed by atoms with E-state index < -0.39 is 0 Å². The number of ether oxygens (including phenoxy) is 1. The average molecular weight is 272 g/mol. The van der Waals surface area contributed by atoms with Crippen LogP contribution >= 0.6 is 0 Å². The lowest BCUT2D eigenvalue weighted by Gasteiger charge is -2.12. The molecule has 112 valence electrons. The first kappa shape index (κ1) is 17.7. The Hall–Kier alpha value is -1.30. The van der Waals surface area contributed by atoms with E-state index in [1.54, 1.807) is 7.11 Å². The van der Waals surface area contributed by atoms with Gasteiger partial charge in [-0.25, -0.2) is 4.99 Å². The quantitative estimate of drug-likeness (QED) is 0.322. The molecule has 0 radical (unpaired) electrons. The number of nitrogens with zero attached hydrogens (tertiary/aromatic N) is 1. The van der Waals surface area contributed by atoms with Gasteiger partial charge in [-0.3, -0.25) is 4.79 Å². The number of aliphatic imine (C=N–C) groups is 1. The molecule has 1 amide bonds. The largest absolute Gasteiger partial charge is 0.383 e. The Morgan fingerprint density at radius 1 is 1.21 bits per heavy atom. The molecule has 6 nitrogen and oxygen atoms in total. The predicted molar refractivity (Wildman–Crippen MR) is 78.3 cm³/mol. The smallest absolute Gasteiger partial charge is 0.241 e. The molecule has 0 aliphatic rings. The number of carbonyl (C=O) groups is 1. The van der Waals surface area contributed by atoms with Crippen LogP contribution in [0.2, 0.25) is 0 Å². The van der Waals surface area contributed by atoms with Crippen LogP contribution in [-0.4, -0.2) is 51.8 Å². The zero-order valence-corrected chi connectivity index (χ0v) is 12.6. The third-order valence-corrected chi connectivity index (χ3v) is 2.37. The summed E-state index contributed by atoms with van der Waals surface area (Å²) in [4.78, 5) is 15.7. The lowest BCUT2D eigenvalue weighted by molar-refractivity contribution is -0.119. The van der Waals surface area contributed by atoms with Crippen LogP contribution in [0.4, 0.5) is 0 Å². The van der Waals surface area contributed by atoms with Crippen molar-refractivity contribution in [3.05, 3.63) is 0 Å². The minimum absolute atomic E-state index is 0.0990. The fourth-order valence-corrected chi connectivity index (χ4v) is 1.32. The molecule has 19 heavy (non-hydrogen) atoms. The van der Waals surface area contributed by atoms with Gasteiger partial charge in [-0.2, -0.15) is 0 Å². The molecule has 0 aromatic carbocycles. The van der Waals surface area contributed by atoms with Crippen molar-refractivity contribution < 1.29 is 9.53 Å². The Morgan fingerprint density at radius 2 is 1.95 bits per heavy atom. The molecule has 0 heterocycles. The molecule has 0 aliphatic heterocycles. The molecule has 0 rings (SSSR count). The molecule has 3 N–H and O–H groups in total. The number of hydrogen-bond acceptors (Lipinski definition) is 3. The minimum atomic E-state index is -0.0990. The zero-order chi connectivity index (χ0) is 14.5. The van der Waals surface area contributed by atoms with Crippen LogP contribution in [-0.2, 0) is 9.53 Å². The maximum absolute atomic E-state index is 11.5. The fourth-order valence-electron chi connectivity index (χ4n) is 1.32. The van der Waals surface area contributed by atoms with Crippen LogP contribution < -0.4 is 16.0 Å². The summed E-state index contributed by atoms with van der Waals surface area (Å²) in [6.45, 7) is 9.14. The van der Waals surface area contributed by atoms with E-state index in [0.717, 1.165) is 19.5 Å². The molecule has 0 bridgehead atoms. The van der Waals surface area contributed by atoms with Crippen molar-refractivity contribution in [2.24, 2.45) is 10.9 Å². The number of hydrogen-bond donors (Lipinski definition) is 3. The maximum Gasteiger partial charge on any atom is 0.241 e. The van der Waals surface area contributed by atoms with Crippen LogP contribution in [0.25, 0.3) is 0 Å². The number of amides is 1. The molecule has 0 aliphatic carbocycles. The molecule has 0 saturated carbocycles. The van der Waals surface area contributed by atoms with Crippen molar-refractivity contribution in [3.63, 3.8) is 0 Å². The van der Waals surface area contributed by atoms with E-state index in [9.17, 15) is 4.79 Å². The van der Waals surface area contributed by atoms with Gasteiger partial charge in [-0.05, 0) is 19.3 Å². The van der Waals surface area contributed by atoms with E-state index in [1.165, 1.54) is 0 Å². The van der Waals surface area contributed by atoms with Crippen LogP contribution in [0.15, 0.2) is 4.99 Å². The van der Waals surface area contributed by atoms with Crippen molar-refractivity contribution in [2.45, 2.75) is 27.2 Å². The van der Waals surface area contributed by atoms with Gasteiger partial charge in [0.2, 0.25) is 5.91 Å². The van der Waals surface area contributed by atoms with E-state index in [0.29, 0.717) is 25.0 Å². The number of guanidine groups is 1. The highest BCUT2D eigenvalue weighted by molar-refractivity contribution is 5.84. The standard InChI is InChI=1S/C13H28N4O2/c1-5-14-13(16-7-6-11(2)3)17-10-12(18)15-8-9-19-4/h11H,5-10H2,1-4H3,(H,15,18)(H2,14,16,17). The van der Waals surface area contributed by atoms with Crippen molar-refractivity contribution >= 4 is 11.9 Å². The molecule has 0 aromatic rings. The Kier molecular flexibility index (Phi) is 11.0. The highest BCUT2D eigenvalue weighted by Gasteiger charge is 2.02. The van der Waals surface area contributed by atoms with Crippen LogP contribution in [0.1, 0.15) is 27.2 Å². The van der Waals surface area contributed by atoms with Gasteiger partial charge in [0.25, 0.3) is 0 Å². The van der Waals surface area contributed by atoms with Crippen molar-refractivity contribution in [3.8, 4) is 0 Å². The molecule has 0 saturated heterocycles. The first-order valence-corrected chi connectivity index (χ1v) is 6.88. The van der Waals surface area contributed by atoms with Gasteiger partial charge in [-0.15, -0.1) is 0 Å². The van der Waals surface area contributed by atoms with E-state index in [4.69, 9.17) is 4.74 Å². The first-order valence-electron chi connectivity index (χ1n) is 6.88. The molecule has 6 heteroatoms. The zero-order valence-electron chi connectivity index (χ0n) is 12.6. The highest BCUT2D eigenvalue weighted by atomic mass is 16.5. The summed E-state index contributed by atoms with van der Waals surface area (Å²) in [5.41, 5.74) is 0. The third-order valence-electron chi connectivity index (χ3n) is 2.37. The topological polar surface area (TPSA) is 74.8 Å². The van der Waals surface area contributed by atoms with Crippen molar-refractivity contribution in [1.82, 2.24) is 16.0 Å². The van der Waals surface area contributed by atoms with Crippen LogP contribution in [0.3, 0.4) is 0 Å². The summed E-state index contributed by atoms with van der Waals surface area (Å²) in [6, 6.07) is 0. The molecular weight excluding hydrogens is 244 g/mol. The lowest BCUT2D eigenvalue weighted by Crippen LogP contribution is -2.39. The van der Waals surface area contributed by atoms with Crippen LogP contribution in [0, 0.1) is 5.92 Å². The molecule has 0 aromatic heterocycles. The Labute approximate surface area is 116 Å². The summed E-state index contributed by atoms with van der Waals surface area (Å²) >= 11 is 0. The number of methoxy groups -OCH3 is 1. The molecule has 0 unspecified atom stereocenters. The summed E-state index contributed by atoms with van der Waals surface area (Å²) in [5, 5.41) is 9.05. The summed E-state index contributed by atoms with van der Waals surface area (Å²) in [5.74, 6) is 1.23. The minimum Gasteiger partial charge on any atom is -0.383 e. The second kappa shape index (κ2) is 11.8. The van der Waals surface area contributed by atoms with E-state index in [1.807, 2.05) is 6.92 Å². The van der Waals surface area contributed by atoms with Gasteiger partial charge in [0.15, 0.2) is 5.96 Å². The Bertz CT molecular complexity index is 267. The molecule has 0 spiro atoms. The maximum atomic E-state index is 11.5. The number of nitrogens with one attached hydrogen (secondary N) is 3. The molecular formula is C13H28N4O2. The van der Waals surface area contributed by atoms with Crippen molar-refractivity contribution in [1.29, 1.82) is 0 Å². The second-order valence-electron chi connectivity index (χ2n) is 4.65. The third kappa shape index (κ3) is 11.5. The normalized spacial score (nSPS) is 11.5. The van der Waals surface area contributed by atoms with Crippen LogP contribution in [0.5, 0.6) is 0 Å². The van der Waals surface area contributed by atoms with Crippen molar-refractivity contribution in [2.75, 3.05) is 39.9 Å². The lowest BCUT2D eigenvalue weighted by atomic mass is 10.1. The Morgan fingerprint density at radius 3 is 2.53 bits per heavy atom. The SMILES string of the molecule is CCNC(=NCC(=O)NCCOC)NCCC(C)C. The van der Waals surface area contributed by atoms with Gasteiger partial charge in [-0.1, -0.05) is 13.8 Å². The average Bonchev–Trinajstić information content (AvgIpc) is 2.36. The monoisotopic (exact) mass is 272 g/mol. The highest BCUT2D eigenvalue weighted by Crippen LogP contribution is 1.95. The van der Waals surface area contributed by atoms with Gasteiger partial charge >= 0.3 is 0 Å². The Balaban J connectivity index is 3.99. The van der Waals surface area contributed by atoms with E-state index in [-0.39, 0.29) is 12.5 Å². The molecule has 0 atom stereocenters. The van der Waals surface area contributed by atoms with E-state index >= 15 is 0 Å². The van der Waals surface area contributed by atoms with Gasteiger partial charge < -0.3 is 20.7 Å². The fraction of sp³-hybridized carbons (Fsp3) is 0.846. The first-order chi connectivity index (χ1) is 9.10. The van der Waals surface area contributed by atoms with Gasteiger partial charge in [0, 0.05) is 26.7 Å². The van der Waals surface area contributed by atoms with E-state index in [2.05, 4.69) is 34.8 Å². The second-order valence-corrected chi connectivity index (χ2v) is 4.65. The molecule has 0 fully saturated rings. The predicted octanol–water partition coefficient (Wildman–Crippen LogP) is 0.350. The summed E-state index contributed by atoms with van der Waals surface area (Å²) in [6.07, 6.45) is 1.07. The number of rotatable bonds is 9. The summed E-state index contributed by atoms with van der Waals surface area (Å²) in [7, 11) is 1.60. The van der Waals surface area contributed by atoms with Gasteiger partial charge in [0.1, 0.15) is 6.54 Å². The van der Waals surface area contributed by atoms with Gasteiger partial charge in [0.05, 0.1) is 6.61 Å². The summed E-state index contributed by atoms with van der Waals surface area (Å²) < 4.78 is 4.86. The number of carbonyl (C=O) groups excluding carboxylic acids is 1.